The number of amides is 3. The highest BCUT2D eigenvalue weighted by molar-refractivity contribution is 5.92. The van der Waals surface area contributed by atoms with Crippen molar-refractivity contribution in [2.45, 2.75) is 45.7 Å². The summed E-state index contributed by atoms with van der Waals surface area (Å²) in [5, 5.41) is 9.01. The van der Waals surface area contributed by atoms with Crippen LogP contribution in [0.15, 0.2) is 0 Å². The van der Waals surface area contributed by atoms with Crippen LogP contribution in [-0.2, 0) is 9.59 Å². The number of likely N-dealkylation sites (N-methyl/N-ethyl adjacent to an activating group) is 1. The number of aliphatic carboxylic acids is 1. The number of carboxylic acid groups (broad SMARTS) is 1. The van der Waals surface area contributed by atoms with Gasteiger partial charge in [-0.2, -0.15) is 0 Å². The summed E-state index contributed by atoms with van der Waals surface area (Å²) in [4.78, 5) is 40.4. The van der Waals surface area contributed by atoms with Crippen molar-refractivity contribution in [3.8, 4) is 0 Å². The Balaban J connectivity index is 3.02. The molecule has 0 spiro atoms. The zero-order valence-corrected chi connectivity index (χ0v) is 13.4. The first kappa shape index (κ1) is 17.3. The van der Waals surface area contributed by atoms with Crippen LogP contribution >= 0.6 is 0 Å². The third-order valence-electron chi connectivity index (χ3n) is 4.11. The number of carbonyl (C=O) groups is 3. The van der Waals surface area contributed by atoms with Gasteiger partial charge in [0.2, 0.25) is 5.91 Å². The average Bonchev–Trinajstić information content (AvgIpc) is 2.40. The number of piperazine rings is 1. The lowest BCUT2D eigenvalue weighted by Crippen LogP contribution is -2.66. The molecule has 7 heteroatoms. The highest BCUT2D eigenvalue weighted by Crippen LogP contribution is 2.24. The summed E-state index contributed by atoms with van der Waals surface area (Å²) >= 11 is 0. The second-order valence-corrected chi connectivity index (χ2v) is 6.00. The molecule has 1 N–H and O–H groups in total. The van der Waals surface area contributed by atoms with Gasteiger partial charge in [0.15, 0.2) is 0 Å². The van der Waals surface area contributed by atoms with Crippen LogP contribution in [0.4, 0.5) is 4.79 Å². The monoisotopic (exact) mass is 299 g/mol. The summed E-state index contributed by atoms with van der Waals surface area (Å²) in [6.45, 7) is 7.59. The first-order valence-corrected chi connectivity index (χ1v) is 7.18. The number of carbonyl (C=O) groups excluding carboxylic acids is 2. The van der Waals surface area contributed by atoms with E-state index in [-0.39, 0.29) is 18.5 Å². The van der Waals surface area contributed by atoms with Crippen molar-refractivity contribution < 1.29 is 19.5 Å². The zero-order chi connectivity index (χ0) is 16.4. The van der Waals surface area contributed by atoms with Gasteiger partial charge in [0.25, 0.3) is 0 Å². The quantitative estimate of drug-likeness (QED) is 0.834. The highest BCUT2D eigenvalue weighted by atomic mass is 16.4. The van der Waals surface area contributed by atoms with Crippen LogP contribution in [0.1, 0.15) is 34.1 Å². The molecule has 0 aliphatic carbocycles. The maximum absolute atomic E-state index is 12.7. The lowest BCUT2D eigenvalue weighted by Gasteiger charge is -2.46. The number of nitrogens with zero attached hydrogens (tertiary/aromatic N) is 3. The largest absolute Gasteiger partial charge is 0.480 e. The minimum absolute atomic E-state index is 0.137. The topological polar surface area (TPSA) is 81.2 Å². The Bertz CT molecular complexity index is 436. The smallest absolute Gasteiger partial charge is 0.323 e. The maximum atomic E-state index is 12.7. The van der Waals surface area contributed by atoms with Gasteiger partial charge in [0.05, 0.1) is 0 Å². The number of hydrogen-bond donors (Lipinski definition) is 1. The van der Waals surface area contributed by atoms with Crippen molar-refractivity contribution in [3.63, 3.8) is 0 Å². The van der Waals surface area contributed by atoms with Crippen LogP contribution in [0.5, 0.6) is 0 Å². The van der Waals surface area contributed by atoms with Crippen LogP contribution in [0.25, 0.3) is 0 Å². The van der Waals surface area contributed by atoms with Crippen molar-refractivity contribution in [3.05, 3.63) is 0 Å². The third kappa shape index (κ3) is 3.46. The lowest BCUT2D eigenvalue weighted by molar-refractivity contribution is -0.145. The first-order chi connectivity index (χ1) is 9.62. The van der Waals surface area contributed by atoms with Gasteiger partial charge in [-0.05, 0) is 27.2 Å². The van der Waals surface area contributed by atoms with Gasteiger partial charge in [-0.1, -0.05) is 6.92 Å². The van der Waals surface area contributed by atoms with Gasteiger partial charge in [-0.15, -0.1) is 0 Å². The van der Waals surface area contributed by atoms with E-state index in [9.17, 15) is 14.4 Å². The van der Waals surface area contributed by atoms with Crippen LogP contribution in [0, 0.1) is 0 Å². The van der Waals surface area contributed by atoms with Crippen molar-refractivity contribution >= 4 is 17.9 Å². The van der Waals surface area contributed by atoms with Crippen LogP contribution in [0.2, 0.25) is 0 Å². The van der Waals surface area contributed by atoms with E-state index in [0.29, 0.717) is 19.5 Å². The minimum atomic E-state index is -1.05. The molecule has 1 heterocycles. The van der Waals surface area contributed by atoms with Crippen molar-refractivity contribution in [1.82, 2.24) is 14.7 Å². The molecule has 1 unspecified atom stereocenters. The molecule has 0 bridgehead atoms. The van der Waals surface area contributed by atoms with E-state index in [0.717, 1.165) is 0 Å². The fourth-order valence-corrected chi connectivity index (χ4v) is 2.48. The molecule has 0 radical (unpaired) electrons. The summed E-state index contributed by atoms with van der Waals surface area (Å²) < 4.78 is 0. The molecule has 0 saturated carbocycles. The Morgan fingerprint density at radius 2 is 1.95 bits per heavy atom. The standard InChI is InChI=1S/C14H25N3O4/c1-6-10(2)16(9-11(18)19)13(21)17-8-7-15(5)12(20)14(17,3)4/h10H,6-9H2,1-5H3,(H,18,19). The van der Waals surface area contributed by atoms with E-state index in [1.54, 1.807) is 25.8 Å². The Kier molecular flexibility index (Phi) is 5.20. The Hall–Kier alpha value is -1.79. The predicted octanol–water partition coefficient (Wildman–Crippen LogP) is 0.844. The van der Waals surface area contributed by atoms with Crippen molar-refractivity contribution in [2.24, 2.45) is 0 Å². The molecule has 1 aliphatic rings. The third-order valence-corrected chi connectivity index (χ3v) is 4.11. The van der Waals surface area contributed by atoms with Gasteiger partial charge in [0.1, 0.15) is 12.1 Å². The van der Waals surface area contributed by atoms with E-state index in [1.165, 1.54) is 9.80 Å². The Morgan fingerprint density at radius 1 is 1.38 bits per heavy atom. The molecule has 1 fully saturated rings. The molecule has 0 aromatic heterocycles. The minimum Gasteiger partial charge on any atom is -0.480 e. The molecule has 1 atom stereocenters. The molecular formula is C14H25N3O4. The normalized spacial score (nSPS) is 19.4. The van der Waals surface area contributed by atoms with Gasteiger partial charge < -0.3 is 19.8 Å². The number of rotatable bonds is 4. The second kappa shape index (κ2) is 6.32. The van der Waals surface area contributed by atoms with E-state index in [2.05, 4.69) is 0 Å². The molecule has 21 heavy (non-hydrogen) atoms. The molecule has 3 amide bonds. The van der Waals surface area contributed by atoms with Crippen LogP contribution < -0.4 is 0 Å². The van der Waals surface area contributed by atoms with Gasteiger partial charge in [-0.25, -0.2) is 4.79 Å². The van der Waals surface area contributed by atoms with E-state index in [4.69, 9.17) is 5.11 Å². The van der Waals surface area contributed by atoms with Crippen LogP contribution in [0.3, 0.4) is 0 Å². The summed E-state index contributed by atoms with van der Waals surface area (Å²) in [7, 11) is 1.70. The molecule has 0 aromatic rings. The van der Waals surface area contributed by atoms with Crippen LogP contribution in [-0.4, -0.2) is 76.0 Å². The fraction of sp³-hybridized carbons (Fsp3) is 0.786. The Morgan fingerprint density at radius 3 is 2.43 bits per heavy atom. The SMILES string of the molecule is CCC(C)N(CC(=O)O)C(=O)N1CCN(C)C(=O)C1(C)C. The molecular weight excluding hydrogens is 274 g/mol. The van der Waals surface area contributed by atoms with E-state index in [1.807, 2.05) is 13.8 Å². The zero-order valence-electron chi connectivity index (χ0n) is 13.4. The summed E-state index contributed by atoms with van der Waals surface area (Å²) in [5.41, 5.74) is -0.964. The summed E-state index contributed by atoms with van der Waals surface area (Å²) in [6.07, 6.45) is 0.654. The van der Waals surface area contributed by atoms with E-state index < -0.39 is 17.5 Å². The number of carboxylic acids is 1. The van der Waals surface area contributed by atoms with Gasteiger partial charge in [0, 0.05) is 26.2 Å². The fourth-order valence-electron chi connectivity index (χ4n) is 2.48. The summed E-state index contributed by atoms with van der Waals surface area (Å²) in [5.74, 6) is -1.19. The second-order valence-electron chi connectivity index (χ2n) is 6.00. The van der Waals surface area contributed by atoms with Crippen molar-refractivity contribution in [1.29, 1.82) is 0 Å². The van der Waals surface area contributed by atoms with E-state index >= 15 is 0 Å². The number of urea groups is 1. The molecule has 0 aromatic carbocycles. The van der Waals surface area contributed by atoms with Crippen molar-refractivity contribution in [2.75, 3.05) is 26.7 Å². The lowest BCUT2D eigenvalue weighted by atomic mass is 9.98. The first-order valence-electron chi connectivity index (χ1n) is 7.18. The molecule has 7 nitrogen and oxygen atoms in total. The summed E-state index contributed by atoms with van der Waals surface area (Å²) in [6, 6.07) is -0.586. The molecule has 120 valence electrons. The maximum Gasteiger partial charge on any atom is 0.323 e. The Labute approximate surface area is 125 Å². The number of hydrogen-bond acceptors (Lipinski definition) is 3. The van der Waals surface area contributed by atoms with Gasteiger partial charge in [-0.3, -0.25) is 9.59 Å². The molecule has 1 saturated heterocycles. The predicted molar refractivity (Wildman–Crippen MR) is 77.9 cm³/mol. The molecule has 1 aliphatic heterocycles. The molecule has 1 rings (SSSR count). The average molecular weight is 299 g/mol. The van der Waals surface area contributed by atoms with Gasteiger partial charge >= 0.3 is 12.0 Å². The highest BCUT2D eigenvalue weighted by Gasteiger charge is 2.45.